The van der Waals surface area contributed by atoms with Crippen molar-refractivity contribution in [1.29, 1.82) is 0 Å². The van der Waals surface area contributed by atoms with E-state index in [0.717, 1.165) is 38.3 Å². The second-order valence-electron chi connectivity index (χ2n) is 7.42. The molecular weight excluding hydrogens is 350 g/mol. The molecule has 0 N–H and O–H groups in total. The Hall–Kier alpha value is -2.05. The molecule has 0 spiro atoms. The van der Waals surface area contributed by atoms with Crippen LogP contribution in [-0.4, -0.2) is 41.3 Å². The Bertz CT molecular complexity index is 789. The second kappa shape index (κ2) is 7.52. The minimum Gasteiger partial charge on any atom is -0.474 e. The summed E-state index contributed by atoms with van der Waals surface area (Å²) in [5, 5.41) is 0. The van der Waals surface area contributed by atoms with Crippen LogP contribution in [0.4, 0.5) is 8.78 Å². The monoisotopic (exact) mass is 374 g/mol. The van der Waals surface area contributed by atoms with E-state index in [2.05, 4.69) is 9.88 Å². The molecule has 1 saturated heterocycles. The lowest BCUT2D eigenvalue weighted by Crippen LogP contribution is -2.52. The summed E-state index contributed by atoms with van der Waals surface area (Å²) in [7, 11) is 1.76. The van der Waals surface area contributed by atoms with Crippen LogP contribution in [0.2, 0.25) is 0 Å². The number of hydrogen-bond acceptors (Lipinski definition) is 4. The molecule has 2 heterocycles. The van der Waals surface area contributed by atoms with E-state index in [0.29, 0.717) is 18.0 Å². The lowest BCUT2D eigenvalue weighted by molar-refractivity contribution is -0.0844. The number of halogens is 2. The van der Waals surface area contributed by atoms with Gasteiger partial charge in [0.1, 0.15) is 17.7 Å². The smallest absolute Gasteiger partial charge is 0.213 e. The molecule has 2 aromatic rings. The molecule has 1 aliphatic heterocycles. The van der Waals surface area contributed by atoms with Crippen molar-refractivity contribution in [2.75, 3.05) is 13.7 Å². The van der Waals surface area contributed by atoms with Crippen LogP contribution in [-0.2, 0) is 11.3 Å². The predicted molar refractivity (Wildman–Crippen MR) is 97.4 cm³/mol. The molecule has 4 rings (SSSR count). The fraction of sp³-hybridized carbons (Fsp3) is 0.476. The summed E-state index contributed by atoms with van der Waals surface area (Å²) in [6.45, 7) is 1.27. The molecule has 2 fully saturated rings. The van der Waals surface area contributed by atoms with E-state index >= 15 is 0 Å². The zero-order valence-corrected chi connectivity index (χ0v) is 15.4. The van der Waals surface area contributed by atoms with Gasteiger partial charge >= 0.3 is 0 Å². The van der Waals surface area contributed by atoms with Crippen LogP contribution < -0.4 is 4.74 Å². The van der Waals surface area contributed by atoms with Crippen molar-refractivity contribution in [3.8, 4) is 5.88 Å². The molecule has 0 unspecified atom stereocenters. The summed E-state index contributed by atoms with van der Waals surface area (Å²) in [5.74, 6) is -0.422. The maximum absolute atomic E-state index is 14.1. The Kier molecular flexibility index (Phi) is 5.10. The third-order valence-corrected chi connectivity index (χ3v) is 5.97. The average molecular weight is 374 g/mol. The van der Waals surface area contributed by atoms with Crippen LogP contribution in [0, 0.1) is 11.6 Å². The Morgan fingerprint density at radius 2 is 2.11 bits per heavy atom. The zero-order chi connectivity index (χ0) is 18.9. The topological polar surface area (TPSA) is 34.6 Å². The van der Waals surface area contributed by atoms with Gasteiger partial charge in [-0.2, -0.15) is 0 Å². The van der Waals surface area contributed by atoms with E-state index in [1.165, 1.54) is 12.1 Å². The van der Waals surface area contributed by atoms with Gasteiger partial charge in [-0.3, -0.25) is 4.90 Å². The predicted octanol–water partition coefficient (Wildman–Crippen LogP) is 3.95. The van der Waals surface area contributed by atoms with Crippen molar-refractivity contribution in [2.45, 2.75) is 50.0 Å². The number of rotatable bonds is 5. The van der Waals surface area contributed by atoms with E-state index < -0.39 is 11.6 Å². The number of aromatic nitrogens is 1. The Balaban J connectivity index is 1.50. The fourth-order valence-electron chi connectivity index (χ4n) is 4.51. The van der Waals surface area contributed by atoms with Crippen molar-refractivity contribution in [1.82, 2.24) is 9.88 Å². The quantitative estimate of drug-likeness (QED) is 0.794. The molecule has 6 heteroatoms. The molecule has 1 saturated carbocycles. The van der Waals surface area contributed by atoms with Crippen molar-refractivity contribution in [3.63, 3.8) is 0 Å². The fourth-order valence-corrected chi connectivity index (χ4v) is 4.51. The largest absolute Gasteiger partial charge is 0.474 e. The third-order valence-electron chi connectivity index (χ3n) is 5.97. The van der Waals surface area contributed by atoms with E-state index in [1.54, 1.807) is 13.3 Å². The first kappa shape index (κ1) is 18.3. The second-order valence-corrected chi connectivity index (χ2v) is 7.42. The SMILES string of the molecule is CO[C@@]12CC[C@H](Oc3ccccn3)C[C@@H]1N(Cc1ccc(F)cc1F)CC2. The highest BCUT2D eigenvalue weighted by atomic mass is 19.1. The highest BCUT2D eigenvalue weighted by molar-refractivity contribution is 5.20. The maximum atomic E-state index is 14.1. The summed E-state index contributed by atoms with van der Waals surface area (Å²) < 4.78 is 39.4. The van der Waals surface area contributed by atoms with Gasteiger partial charge in [0.15, 0.2) is 0 Å². The number of methoxy groups -OCH3 is 1. The van der Waals surface area contributed by atoms with Crippen LogP contribution in [0.1, 0.15) is 31.2 Å². The third kappa shape index (κ3) is 3.69. The van der Waals surface area contributed by atoms with Gasteiger partial charge in [-0.05, 0) is 31.4 Å². The number of ether oxygens (including phenoxy) is 2. The Morgan fingerprint density at radius 1 is 1.22 bits per heavy atom. The molecule has 0 radical (unpaired) electrons. The standard InChI is InChI=1S/C21H24F2N2O2/c1-26-21-8-7-17(27-20-4-2-3-10-24-20)13-19(21)25(11-9-21)14-15-5-6-16(22)12-18(15)23/h2-6,10,12,17,19H,7-9,11,13-14H2,1H3/t17-,19-,21+/m0/s1. The zero-order valence-electron chi connectivity index (χ0n) is 15.4. The normalized spacial score (nSPS) is 28.1. The number of nitrogens with zero attached hydrogens (tertiary/aromatic N) is 2. The Morgan fingerprint density at radius 3 is 2.85 bits per heavy atom. The van der Waals surface area contributed by atoms with E-state index in [4.69, 9.17) is 9.47 Å². The lowest BCUT2D eigenvalue weighted by Gasteiger charge is -2.43. The molecule has 4 nitrogen and oxygen atoms in total. The van der Waals surface area contributed by atoms with Gasteiger partial charge in [0.25, 0.3) is 0 Å². The number of pyridine rings is 1. The van der Waals surface area contributed by atoms with Crippen LogP contribution in [0.3, 0.4) is 0 Å². The molecule has 0 bridgehead atoms. The van der Waals surface area contributed by atoms with Crippen molar-refractivity contribution < 1.29 is 18.3 Å². The molecule has 1 aromatic carbocycles. The molecule has 3 atom stereocenters. The van der Waals surface area contributed by atoms with Gasteiger partial charge in [-0.1, -0.05) is 12.1 Å². The van der Waals surface area contributed by atoms with E-state index in [9.17, 15) is 8.78 Å². The molecule has 27 heavy (non-hydrogen) atoms. The number of likely N-dealkylation sites (tertiary alicyclic amines) is 1. The molecule has 1 aromatic heterocycles. The van der Waals surface area contributed by atoms with Gasteiger partial charge in [0, 0.05) is 56.6 Å². The number of benzene rings is 1. The van der Waals surface area contributed by atoms with Crippen LogP contribution in [0.25, 0.3) is 0 Å². The first-order valence-corrected chi connectivity index (χ1v) is 9.40. The van der Waals surface area contributed by atoms with Crippen LogP contribution in [0.5, 0.6) is 5.88 Å². The molecule has 1 aliphatic carbocycles. The Labute approximate surface area is 158 Å². The maximum Gasteiger partial charge on any atom is 0.213 e. The first-order chi connectivity index (χ1) is 13.1. The van der Waals surface area contributed by atoms with Crippen molar-refractivity contribution in [3.05, 3.63) is 59.8 Å². The summed E-state index contributed by atoms with van der Waals surface area (Å²) in [6.07, 6.45) is 5.28. The van der Waals surface area contributed by atoms with Crippen molar-refractivity contribution >= 4 is 0 Å². The van der Waals surface area contributed by atoms with Gasteiger partial charge in [-0.15, -0.1) is 0 Å². The summed E-state index contributed by atoms with van der Waals surface area (Å²) in [5.41, 5.74) is 0.289. The molecular formula is C21H24F2N2O2. The van der Waals surface area contributed by atoms with Gasteiger partial charge in [0.2, 0.25) is 5.88 Å². The first-order valence-electron chi connectivity index (χ1n) is 9.40. The molecule has 0 amide bonds. The summed E-state index contributed by atoms with van der Waals surface area (Å²) in [6, 6.07) is 9.55. The molecule has 2 aliphatic rings. The highest BCUT2D eigenvalue weighted by Crippen LogP contribution is 2.43. The number of hydrogen-bond donors (Lipinski definition) is 0. The van der Waals surface area contributed by atoms with Crippen LogP contribution >= 0.6 is 0 Å². The van der Waals surface area contributed by atoms with Crippen molar-refractivity contribution in [2.24, 2.45) is 0 Å². The van der Waals surface area contributed by atoms with E-state index in [1.807, 2.05) is 18.2 Å². The minimum absolute atomic E-state index is 0.0480. The average Bonchev–Trinajstić information content (AvgIpc) is 3.03. The van der Waals surface area contributed by atoms with E-state index in [-0.39, 0.29) is 17.7 Å². The minimum atomic E-state index is -0.551. The number of fused-ring (bicyclic) bond motifs is 1. The lowest BCUT2D eigenvalue weighted by atomic mass is 9.79. The molecule has 144 valence electrons. The summed E-state index contributed by atoms with van der Waals surface area (Å²) >= 11 is 0. The summed E-state index contributed by atoms with van der Waals surface area (Å²) in [4.78, 5) is 6.49. The van der Waals surface area contributed by atoms with Gasteiger partial charge in [0.05, 0.1) is 5.60 Å². The van der Waals surface area contributed by atoms with Crippen LogP contribution in [0.15, 0.2) is 42.6 Å². The highest BCUT2D eigenvalue weighted by Gasteiger charge is 2.51. The van der Waals surface area contributed by atoms with Gasteiger partial charge < -0.3 is 9.47 Å². The van der Waals surface area contributed by atoms with Gasteiger partial charge in [-0.25, -0.2) is 13.8 Å².